The molecular formula is C17H23N5O2S. The third kappa shape index (κ3) is 5.06. The highest BCUT2D eigenvalue weighted by Gasteiger charge is 2.21. The summed E-state index contributed by atoms with van der Waals surface area (Å²) in [5.74, 6) is 0.394. The van der Waals surface area contributed by atoms with Gasteiger partial charge in [0.1, 0.15) is 0 Å². The van der Waals surface area contributed by atoms with E-state index in [0.717, 1.165) is 11.4 Å². The fourth-order valence-electron chi connectivity index (χ4n) is 2.19. The van der Waals surface area contributed by atoms with Crippen molar-refractivity contribution in [2.75, 3.05) is 0 Å². The van der Waals surface area contributed by atoms with Crippen molar-refractivity contribution < 1.29 is 9.59 Å². The second-order valence-corrected chi connectivity index (χ2v) is 7.10. The minimum atomic E-state index is -0.491. The van der Waals surface area contributed by atoms with Gasteiger partial charge in [0.25, 0.3) is 0 Å². The molecule has 1 aromatic heterocycles. The van der Waals surface area contributed by atoms with Crippen molar-refractivity contribution in [2.45, 2.75) is 50.7 Å². The Morgan fingerprint density at radius 2 is 1.84 bits per heavy atom. The van der Waals surface area contributed by atoms with Gasteiger partial charge in [-0.3, -0.25) is 10.1 Å². The summed E-state index contributed by atoms with van der Waals surface area (Å²) in [6, 6.07) is 9.25. The largest absolute Gasteiger partial charge is 0.336 e. The Morgan fingerprint density at radius 3 is 2.44 bits per heavy atom. The molecule has 2 aromatic rings. The molecule has 0 saturated heterocycles. The number of aromatic nitrogens is 3. The van der Waals surface area contributed by atoms with Crippen LogP contribution in [0.25, 0.3) is 11.4 Å². The Kier molecular flexibility index (Phi) is 6.58. The molecule has 134 valence electrons. The molecule has 25 heavy (non-hydrogen) atoms. The summed E-state index contributed by atoms with van der Waals surface area (Å²) in [6.07, 6.45) is 0. The van der Waals surface area contributed by atoms with E-state index in [1.54, 1.807) is 6.92 Å². The lowest BCUT2D eigenvalue weighted by Crippen LogP contribution is -2.45. The van der Waals surface area contributed by atoms with Gasteiger partial charge in [-0.15, -0.1) is 10.2 Å². The highest BCUT2D eigenvalue weighted by Crippen LogP contribution is 2.26. The number of amides is 3. The molecule has 0 spiro atoms. The zero-order valence-corrected chi connectivity index (χ0v) is 15.6. The normalized spacial score (nSPS) is 12.0. The Hall–Kier alpha value is -2.35. The number of nitrogens with zero attached hydrogens (tertiary/aromatic N) is 3. The average Bonchev–Trinajstić information content (AvgIpc) is 2.97. The van der Waals surface area contributed by atoms with Gasteiger partial charge in [0.05, 0.1) is 5.25 Å². The summed E-state index contributed by atoms with van der Waals surface area (Å²) >= 11 is 1.28. The molecule has 0 aliphatic rings. The summed E-state index contributed by atoms with van der Waals surface area (Å²) in [5, 5.41) is 13.6. The number of carbonyl (C=O) groups excluding carboxylic acids is 2. The van der Waals surface area contributed by atoms with Gasteiger partial charge >= 0.3 is 6.03 Å². The summed E-state index contributed by atoms with van der Waals surface area (Å²) in [7, 11) is 0. The molecule has 1 heterocycles. The van der Waals surface area contributed by atoms with Crippen molar-refractivity contribution >= 4 is 23.7 Å². The van der Waals surface area contributed by atoms with E-state index in [9.17, 15) is 9.59 Å². The number of urea groups is 1. The number of nitrogens with one attached hydrogen (secondary N) is 2. The first-order valence-electron chi connectivity index (χ1n) is 8.19. The number of rotatable bonds is 6. The van der Waals surface area contributed by atoms with E-state index >= 15 is 0 Å². The maximum absolute atomic E-state index is 12.2. The Labute approximate surface area is 151 Å². The molecule has 1 atom stereocenters. The Balaban J connectivity index is 2.08. The third-order valence-electron chi connectivity index (χ3n) is 3.37. The molecule has 0 aliphatic heterocycles. The van der Waals surface area contributed by atoms with E-state index in [1.807, 2.05) is 55.7 Å². The molecule has 8 heteroatoms. The van der Waals surface area contributed by atoms with Crippen LogP contribution in [0.5, 0.6) is 0 Å². The number of benzene rings is 1. The third-order valence-corrected chi connectivity index (χ3v) is 4.45. The topological polar surface area (TPSA) is 88.9 Å². The molecule has 0 aliphatic carbocycles. The van der Waals surface area contributed by atoms with E-state index in [2.05, 4.69) is 20.8 Å². The summed E-state index contributed by atoms with van der Waals surface area (Å²) in [6.45, 7) is 8.08. The van der Waals surface area contributed by atoms with Crippen LogP contribution < -0.4 is 10.6 Å². The second-order valence-electron chi connectivity index (χ2n) is 5.79. The van der Waals surface area contributed by atoms with Crippen LogP contribution in [0.3, 0.4) is 0 Å². The lowest BCUT2D eigenvalue weighted by atomic mass is 10.2. The predicted molar refractivity (Wildman–Crippen MR) is 98.3 cm³/mol. The molecule has 0 saturated carbocycles. The summed E-state index contributed by atoms with van der Waals surface area (Å²) in [5.41, 5.74) is 0.970. The molecule has 0 bridgehead atoms. The van der Waals surface area contributed by atoms with Crippen LogP contribution in [0.4, 0.5) is 4.79 Å². The van der Waals surface area contributed by atoms with Crippen molar-refractivity contribution in [3.8, 4) is 11.4 Å². The van der Waals surface area contributed by atoms with E-state index in [4.69, 9.17) is 0 Å². The zero-order chi connectivity index (χ0) is 18.4. The first-order chi connectivity index (χ1) is 11.9. The van der Waals surface area contributed by atoms with E-state index in [-0.39, 0.29) is 11.9 Å². The van der Waals surface area contributed by atoms with Crippen molar-refractivity contribution in [3.05, 3.63) is 30.3 Å². The quantitative estimate of drug-likeness (QED) is 0.772. The van der Waals surface area contributed by atoms with Crippen LogP contribution in [-0.2, 0) is 11.3 Å². The van der Waals surface area contributed by atoms with Gasteiger partial charge in [-0.1, -0.05) is 42.1 Å². The monoisotopic (exact) mass is 361 g/mol. The number of hydrogen-bond donors (Lipinski definition) is 2. The SMILES string of the molecule is CCn1c(S[C@@H](C)C(=O)NC(=O)NC(C)C)nnc1-c1ccccc1. The van der Waals surface area contributed by atoms with E-state index in [0.29, 0.717) is 11.7 Å². The van der Waals surface area contributed by atoms with E-state index < -0.39 is 11.3 Å². The highest BCUT2D eigenvalue weighted by atomic mass is 32.2. The molecule has 1 aromatic carbocycles. The molecule has 0 radical (unpaired) electrons. The van der Waals surface area contributed by atoms with Gasteiger partial charge in [-0.2, -0.15) is 0 Å². The van der Waals surface area contributed by atoms with Crippen LogP contribution in [0, 0.1) is 0 Å². The Bertz CT molecular complexity index is 730. The Morgan fingerprint density at radius 1 is 1.16 bits per heavy atom. The summed E-state index contributed by atoms with van der Waals surface area (Å²) < 4.78 is 1.96. The fourth-order valence-corrected chi connectivity index (χ4v) is 3.10. The predicted octanol–water partition coefficient (Wildman–Crippen LogP) is 2.68. The van der Waals surface area contributed by atoms with Gasteiger partial charge in [0, 0.05) is 18.2 Å². The minimum Gasteiger partial charge on any atom is -0.336 e. The van der Waals surface area contributed by atoms with Gasteiger partial charge in [-0.05, 0) is 27.7 Å². The minimum absolute atomic E-state index is 0.0348. The number of thioether (sulfide) groups is 1. The molecular weight excluding hydrogens is 338 g/mol. The lowest BCUT2D eigenvalue weighted by Gasteiger charge is -2.13. The van der Waals surface area contributed by atoms with Gasteiger partial charge in [0.2, 0.25) is 5.91 Å². The maximum Gasteiger partial charge on any atom is 0.321 e. The molecule has 7 nitrogen and oxygen atoms in total. The second kappa shape index (κ2) is 8.66. The molecule has 3 amide bonds. The van der Waals surface area contributed by atoms with Crippen LogP contribution in [0.1, 0.15) is 27.7 Å². The smallest absolute Gasteiger partial charge is 0.321 e. The zero-order valence-electron chi connectivity index (χ0n) is 14.8. The summed E-state index contributed by atoms with van der Waals surface area (Å²) in [4.78, 5) is 23.8. The molecule has 0 fully saturated rings. The van der Waals surface area contributed by atoms with E-state index in [1.165, 1.54) is 11.8 Å². The first kappa shape index (κ1) is 19.0. The maximum atomic E-state index is 12.2. The van der Waals surface area contributed by atoms with Crippen molar-refractivity contribution in [1.29, 1.82) is 0 Å². The lowest BCUT2D eigenvalue weighted by molar-refractivity contribution is -0.119. The van der Waals surface area contributed by atoms with Gasteiger partial charge in [-0.25, -0.2) is 4.79 Å². The van der Waals surface area contributed by atoms with Crippen molar-refractivity contribution in [3.63, 3.8) is 0 Å². The molecule has 2 rings (SSSR count). The van der Waals surface area contributed by atoms with Crippen molar-refractivity contribution in [1.82, 2.24) is 25.4 Å². The molecule has 0 unspecified atom stereocenters. The fraction of sp³-hybridized carbons (Fsp3) is 0.412. The standard InChI is InChI=1S/C17H23N5O2S/c1-5-22-14(13-9-7-6-8-10-13)20-21-17(22)25-12(4)15(23)19-16(24)18-11(2)3/h6-12H,5H2,1-4H3,(H2,18,19,23,24)/t12-/m0/s1. The number of hydrogen-bond acceptors (Lipinski definition) is 5. The first-order valence-corrected chi connectivity index (χ1v) is 9.07. The van der Waals surface area contributed by atoms with Crippen LogP contribution in [-0.4, -0.2) is 38.0 Å². The van der Waals surface area contributed by atoms with Crippen LogP contribution >= 0.6 is 11.8 Å². The average molecular weight is 361 g/mol. The van der Waals surface area contributed by atoms with Gasteiger partial charge < -0.3 is 9.88 Å². The van der Waals surface area contributed by atoms with Crippen molar-refractivity contribution in [2.24, 2.45) is 0 Å². The van der Waals surface area contributed by atoms with Crippen LogP contribution in [0.2, 0.25) is 0 Å². The van der Waals surface area contributed by atoms with Gasteiger partial charge in [0.15, 0.2) is 11.0 Å². The van der Waals surface area contributed by atoms with Crippen LogP contribution in [0.15, 0.2) is 35.5 Å². The highest BCUT2D eigenvalue weighted by molar-refractivity contribution is 8.00. The molecule has 2 N–H and O–H groups in total. The number of carbonyl (C=O) groups is 2. The number of imide groups is 1.